The molecule has 5 fully saturated rings. The Labute approximate surface area is 360 Å². The Kier molecular flexibility index (Phi) is 11.2. The molecule has 8 rings (SSSR count). The zero-order chi connectivity index (χ0) is 43.1. The second kappa shape index (κ2) is 15.4. The molecular formula is C50H74N4O5S. The van der Waals surface area contributed by atoms with E-state index < -0.39 is 26.8 Å². The second-order valence-electron chi connectivity index (χ2n) is 22.1. The molecule has 4 N–H and O–H groups in total. The highest BCUT2D eigenvalue weighted by atomic mass is 32.2. The highest BCUT2D eigenvalue weighted by molar-refractivity contribution is 8.00. The average Bonchev–Trinajstić information content (AvgIpc) is 3.58. The predicted octanol–water partition coefficient (Wildman–Crippen LogP) is 8.31. The minimum absolute atomic E-state index is 0.0391. The number of aromatic nitrogens is 1. The molecule has 0 unspecified atom stereocenters. The summed E-state index contributed by atoms with van der Waals surface area (Å²) in [6, 6.07) is 3.18. The van der Waals surface area contributed by atoms with Gasteiger partial charge in [0.25, 0.3) is 5.91 Å². The van der Waals surface area contributed by atoms with Gasteiger partial charge in [0.05, 0.1) is 0 Å². The standard InChI is InChI=1S/C50H74N4O5S/c1-33(2)35-15-22-50(53-26-27-54-28-30-60(8,58)31-29-54)24-23-47(6)38(41(35)50)11-12-40-46(5)18-16-37(45(3,4)39(46)17-19-48(40,47)7)34-13-20-49(21-14-34,44(56)57)32-59-43-36(42(51)55)10-9-25-52-43/h9-10,13,16,25,35,38-41,53H,1,8,11-12,14-15,17-24,26-32H2,2-7H3,(H2,51,55)(H,56,57)/t35-,38+,39-,40+,41+,46-,47+,48+,49+,50-/m0/s1. The van der Waals surface area contributed by atoms with Crippen molar-refractivity contribution in [3.05, 3.63) is 59.3 Å². The fourth-order valence-corrected chi connectivity index (χ4v) is 16.9. The minimum Gasteiger partial charge on any atom is -0.481 e. The van der Waals surface area contributed by atoms with Crippen molar-refractivity contribution in [2.45, 2.75) is 124 Å². The number of ether oxygens (including phenoxy) is 1. The van der Waals surface area contributed by atoms with E-state index in [1.165, 1.54) is 74.3 Å². The molecule has 7 aliphatic rings. The lowest BCUT2D eigenvalue weighted by Gasteiger charge is -2.72. The van der Waals surface area contributed by atoms with Gasteiger partial charge in [-0.25, -0.2) is 4.98 Å². The van der Waals surface area contributed by atoms with Crippen molar-refractivity contribution >= 4 is 27.3 Å². The molecule has 10 heteroatoms. The summed E-state index contributed by atoms with van der Waals surface area (Å²) in [5, 5.41) is 14.8. The van der Waals surface area contributed by atoms with Crippen molar-refractivity contribution < 1.29 is 23.6 Å². The van der Waals surface area contributed by atoms with Gasteiger partial charge < -0.3 is 25.8 Å². The molecule has 0 spiro atoms. The molecule has 2 heterocycles. The molecule has 1 amide bonds. The Morgan fingerprint density at radius 3 is 2.40 bits per heavy atom. The van der Waals surface area contributed by atoms with Crippen molar-refractivity contribution in [1.29, 1.82) is 0 Å². The number of primary amides is 1. The van der Waals surface area contributed by atoms with Crippen LogP contribution in [0.3, 0.4) is 0 Å². The van der Waals surface area contributed by atoms with Crippen molar-refractivity contribution in [2.75, 3.05) is 44.3 Å². The lowest BCUT2D eigenvalue weighted by Crippen LogP contribution is -2.68. The van der Waals surface area contributed by atoms with Gasteiger partial charge in [0.2, 0.25) is 5.88 Å². The number of amides is 1. The molecule has 1 aromatic heterocycles. The molecule has 0 aromatic carbocycles. The zero-order valence-electron chi connectivity index (χ0n) is 37.6. The van der Waals surface area contributed by atoms with Gasteiger partial charge in [-0.1, -0.05) is 58.9 Å². The third-order valence-electron chi connectivity index (χ3n) is 19.0. The van der Waals surface area contributed by atoms with E-state index in [4.69, 9.17) is 10.5 Å². The van der Waals surface area contributed by atoms with E-state index in [9.17, 15) is 18.9 Å². The number of fused-ring (bicyclic) bond motifs is 7. The third kappa shape index (κ3) is 6.96. The number of allylic oxidation sites excluding steroid dienone is 5. The fraction of sp³-hybridized carbons (Fsp3) is 0.720. The molecular weight excluding hydrogens is 769 g/mol. The maximum absolute atomic E-state index is 12.8. The molecule has 330 valence electrons. The van der Waals surface area contributed by atoms with E-state index in [1.54, 1.807) is 12.1 Å². The first-order valence-corrected chi connectivity index (χ1v) is 25.3. The second-order valence-corrected chi connectivity index (χ2v) is 24.8. The van der Waals surface area contributed by atoms with Gasteiger partial charge in [-0.15, -0.1) is 0 Å². The van der Waals surface area contributed by atoms with Crippen LogP contribution in [-0.2, 0) is 14.3 Å². The summed E-state index contributed by atoms with van der Waals surface area (Å²) in [5.74, 6) is 7.03. The van der Waals surface area contributed by atoms with E-state index in [0.29, 0.717) is 48.9 Å². The van der Waals surface area contributed by atoms with Crippen LogP contribution in [0.4, 0.5) is 0 Å². The first kappa shape index (κ1) is 43.7. The number of nitrogens with one attached hydrogen (secondary N) is 1. The van der Waals surface area contributed by atoms with Crippen LogP contribution in [0.5, 0.6) is 5.88 Å². The van der Waals surface area contributed by atoms with Gasteiger partial charge in [0.1, 0.15) is 17.6 Å². The summed E-state index contributed by atoms with van der Waals surface area (Å²) in [5.41, 5.74) is 9.51. The molecule has 9 nitrogen and oxygen atoms in total. The highest BCUT2D eigenvalue weighted by Gasteiger charge is 2.70. The van der Waals surface area contributed by atoms with Crippen LogP contribution in [0.1, 0.15) is 129 Å². The van der Waals surface area contributed by atoms with Gasteiger partial charge in [0.15, 0.2) is 0 Å². The van der Waals surface area contributed by atoms with Crippen LogP contribution in [0.2, 0.25) is 0 Å². The summed E-state index contributed by atoms with van der Waals surface area (Å²) in [7, 11) is -1.89. The van der Waals surface area contributed by atoms with Gasteiger partial charge >= 0.3 is 5.97 Å². The number of hydrogen-bond donors (Lipinski definition) is 3. The quantitative estimate of drug-likeness (QED) is 0.150. The van der Waals surface area contributed by atoms with Gasteiger partial charge in [-0.2, -0.15) is 0 Å². The Hall–Kier alpha value is -2.95. The van der Waals surface area contributed by atoms with Gasteiger partial charge in [-0.3, -0.25) is 13.8 Å². The van der Waals surface area contributed by atoms with E-state index >= 15 is 0 Å². The topological polar surface area (TPSA) is 135 Å². The van der Waals surface area contributed by atoms with Crippen LogP contribution in [0, 0.1) is 56.7 Å². The van der Waals surface area contributed by atoms with Crippen LogP contribution < -0.4 is 15.8 Å². The van der Waals surface area contributed by atoms with Gasteiger partial charge in [0, 0.05) is 49.4 Å². The number of aliphatic carboxylic acids is 1. The number of rotatable bonds is 11. The van der Waals surface area contributed by atoms with Crippen LogP contribution in [0.15, 0.2) is 53.8 Å². The first-order chi connectivity index (χ1) is 28.2. The molecule has 0 bridgehead atoms. The smallest absolute Gasteiger partial charge is 0.313 e. The normalized spacial score (nSPS) is 40.7. The Balaban J connectivity index is 1.01. The number of carboxylic acids is 1. The molecule has 6 aliphatic carbocycles. The van der Waals surface area contributed by atoms with Crippen molar-refractivity contribution in [3.63, 3.8) is 0 Å². The predicted molar refractivity (Wildman–Crippen MR) is 242 cm³/mol. The molecule has 0 radical (unpaired) electrons. The van der Waals surface area contributed by atoms with Gasteiger partial charge in [-0.05, 0) is 174 Å². The van der Waals surface area contributed by atoms with E-state index in [2.05, 4.69) is 81.3 Å². The number of carboxylic acid groups (broad SMARTS) is 1. The van der Waals surface area contributed by atoms with Crippen molar-refractivity contribution in [3.8, 4) is 5.88 Å². The third-order valence-corrected chi connectivity index (χ3v) is 20.9. The Morgan fingerprint density at radius 2 is 1.73 bits per heavy atom. The maximum Gasteiger partial charge on any atom is 0.313 e. The average molecular weight is 843 g/mol. The number of nitrogens with zero attached hydrogens (tertiary/aromatic N) is 2. The van der Waals surface area contributed by atoms with Crippen molar-refractivity contribution in [1.82, 2.24) is 15.2 Å². The maximum atomic E-state index is 12.8. The molecule has 1 saturated heterocycles. The SMILES string of the molecule is C=C(C)[C@@H]1CC[C@]2(NCCN3CCS(=C)(=O)CC3)CC[C@]3(C)[C@H](CC[C@@H]4[C@@]5(C)CC=C(C6=CC[C@@](COc7ncccc7C(N)=O)(C(=O)O)CC6)C(C)(C)[C@@H]5CC[C@]43C)[C@@H]12. The van der Waals surface area contributed by atoms with E-state index in [1.807, 2.05) is 0 Å². The van der Waals surface area contributed by atoms with Crippen molar-refractivity contribution in [2.24, 2.45) is 62.4 Å². The monoisotopic (exact) mass is 843 g/mol. The number of carbonyl (C=O) groups is 2. The minimum atomic E-state index is -1.89. The van der Waals surface area contributed by atoms with Crippen LogP contribution in [0.25, 0.3) is 0 Å². The summed E-state index contributed by atoms with van der Waals surface area (Å²) in [4.78, 5) is 31.5. The van der Waals surface area contributed by atoms with Crippen LogP contribution in [-0.4, -0.2) is 86.8 Å². The van der Waals surface area contributed by atoms with E-state index in [0.717, 1.165) is 44.1 Å². The number of hydrogen-bond acceptors (Lipinski definition) is 7. The number of nitrogens with two attached hydrogens (primary N) is 1. The number of carbonyl (C=O) groups excluding carboxylic acids is 1. The Morgan fingerprint density at radius 1 is 0.983 bits per heavy atom. The Bertz CT molecular complexity index is 2060. The molecule has 60 heavy (non-hydrogen) atoms. The summed E-state index contributed by atoms with van der Waals surface area (Å²) >= 11 is 0. The summed E-state index contributed by atoms with van der Waals surface area (Å²) in [6.07, 6.45) is 18.9. The molecule has 4 saturated carbocycles. The molecule has 10 atom stereocenters. The van der Waals surface area contributed by atoms with E-state index in [-0.39, 0.29) is 45.2 Å². The number of pyridine rings is 1. The summed E-state index contributed by atoms with van der Waals surface area (Å²) in [6.45, 7) is 23.7. The molecule has 1 aliphatic heterocycles. The summed E-state index contributed by atoms with van der Waals surface area (Å²) < 4.78 is 18.5. The first-order valence-electron chi connectivity index (χ1n) is 23.2. The van der Waals surface area contributed by atoms with Crippen LogP contribution >= 0.6 is 0 Å². The lowest BCUT2D eigenvalue weighted by molar-refractivity contribution is -0.221. The fourth-order valence-electron chi connectivity index (χ4n) is 15.5. The highest BCUT2D eigenvalue weighted by Crippen LogP contribution is 2.76. The zero-order valence-corrected chi connectivity index (χ0v) is 38.4. The largest absolute Gasteiger partial charge is 0.481 e. The molecule has 1 aromatic rings. The lowest BCUT2D eigenvalue weighted by atomic mass is 9.33.